The second-order valence-electron chi connectivity index (χ2n) is 6.40. The first-order chi connectivity index (χ1) is 9.85. The Bertz CT molecular complexity index is 590. The number of rotatable bonds is 2. The number of piperazine rings is 1. The van der Waals surface area contributed by atoms with E-state index in [-0.39, 0.29) is 11.8 Å². The molecule has 1 saturated heterocycles. The lowest BCUT2D eigenvalue weighted by Gasteiger charge is -2.48. The molecule has 1 aromatic heterocycles. The normalized spacial score (nSPS) is 23.7. The van der Waals surface area contributed by atoms with E-state index in [9.17, 15) is 9.59 Å². The summed E-state index contributed by atoms with van der Waals surface area (Å²) >= 11 is 5.06. The van der Waals surface area contributed by atoms with Crippen LogP contribution in [0.15, 0.2) is 15.9 Å². The largest absolute Gasteiger partial charge is 0.340 e. The zero-order valence-electron chi connectivity index (χ0n) is 12.2. The van der Waals surface area contributed by atoms with E-state index in [0.717, 1.165) is 34.3 Å². The lowest BCUT2D eigenvalue weighted by Crippen LogP contribution is -2.73. The molecule has 1 aliphatic carbocycles. The summed E-state index contributed by atoms with van der Waals surface area (Å²) in [4.78, 5) is 28.4. The van der Waals surface area contributed by atoms with Gasteiger partial charge >= 0.3 is 0 Å². The molecule has 2 heterocycles. The molecule has 0 atom stereocenters. The summed E-state index contributed by atoms with van der Waals surface area (Å²) in [6.45, 7) is 4.15. The molecule has 6 heteroatoms. The van der Waals surface area contributed by atoms with Gasteiger partial charge in [0.15, 0.2) is 0 Å². The molecule has 2 aliphatic rings. The molecule has 2 amide bonds. The van der Waals surface area contributed by atoms with Gasteiger partial charge < -0.3 is 10.2 Å². The van der Waals surface area contributed by atoms with Gasteiger partial charge in [0.25, 0.3) is 0 Å². The van der Waals surface area contributed by atoms with Crippen LogP contribution in [-0.2, 0) is 16.1 Å². The highest BCUT2D eigenvalue weighted by Gasteiger charge is 2.55. The van der Waals surface area contributed by atoms with E-state index in [1.54, 1.807) is 16.2 Å². The molecule has 1 spiro atoms. The summed E-state index contributed by atoms with van der Waals surface area (Å²) in [6.07, 6.45) is 3.53. The average Bonchev–Trinajstić information content (AvgIpc) is 3.03. The lowest BCUT2D eigenvalue weighted by molar-refractivity contribution is -0.161. The second-order valence-corrected chi connectivity index (χ2v) is 8.95. The van der Waals surface area contributed by atoms with Crippen LogP contribution in [0.5, 0.6) is 0 Å². The molecule has 0 bridgehead atoms. The molecule has 0 radical (unpaired) electrons. The Morgan fingerprint density at radius 2 is 1.95 bits per heavy atom. The van der Waals surface area contributed by atoms with Gasteiger partial charge in [0.1, 0.15) is 11.1 Å². The van der Waals surface area contributed by atoms with E-state index in [1.807, 2.05) is 26.0 Å². The fraction of sp³-hybridized carbons (Fsp3) is 0.600. The molecule has 1 N–H and O–H groups in total. The Morgan fingerprint density at radius 1 is 1.29 bits per heavy atom. The van der Waals surface area contributed by atoms with Crippen molar-refractivity contribution in [2.75, 3.05) is 0 Å². The van der Waals surface area contributed by atoms with Crippen LogP contribution in [0.3, 0.4) is 0 Å². The Hall–Kier alpha value is -0.880. The maximum atomic E-state index is 13.0. The van der Waals surface area contributed by atoms with Crippen molar-refractivity contribution in [1.82, 2.24) is 10.2 Å². The van der Waals surface area contributed by atoms with E-state index in [2.05, 4.69) is 21.2 Å². The predicted octanol–water partition coefficient (Wildman–Crippen LogP) is 3.06. The molecule has 1 saturated carbocycles. The van der Waals surface area contributed by atoms with Gasteiger partial charge in [-0.15, -0.1) is 11.3 Å². The van der Waals surface area contributed by atoms with Crippen molar-refractivity contribution in [2.24, 2.45) is 0 Å². The van der Waals surface area contributed by atoms with Crippen molar-refractivity contribution in [3.8, 4) is 0 Å². The standard InChI is InChI=1S/C15H19BrN2O2S/c1-14(2)12(19)17-15(7-3-4-8-15)13(20)18(14)9-10-5-6-11(16)21-10/h5-6H,3-4,7-9H2,1-2H3,(H,17,19). The Kier molecular flexibility index (Phi) is 3.64. The number of nitrogens with one attached hydrogen (secondary N) is 1. The molecule has 0 aromatic carbocycles. The van der Waals surface area contributed by atoms with Gasteiger partial charge in [0.05, 0.1) is 10.3 Å². The third-order valence-electron chi connectivity index (χ3n) is 4.64. The van der Waals surface area contributed by atoms with E-state index < -0.39 is 11.1 Å². The smallest absolute Gasteiger partial charge is 0.249 e. The highest BCUT2D eigenvalue weighted by Crippen LogP contribution is 2.38. The van der Waals surface area contributed by atoms with Crippen molar-refractivity contribution in [3.63, 3.8) is 0 Å². The van der Waals surface area contributed by atoms with Gasteiger partial charge in [-0.3, -0.25) is 9.59 Å². The Labute approximate surface area is 137 Å². The van der Waals surface area contributed by atoms with Gasteiger partial charge in [-0.2, -0.15) is 0 Å². The first-order valence-corrected chi connectivity index (χ1v) is 8.85. The topological polar surface area (TPSA) is 49.4 Å². The summed E-state index contributed by atoms with van der Waals surface area (Å²) in [5, 5.41) is 3.02. The predicted molar refractivity (Wildman–Crippen MR) is 86.0 cm³/mol. The number of thiophene rings is 1. The maximum absolute atomic E-state index is 13.0. The van der Waals surface area contributed by atoms with Gasteiger partial charge in [-0.1, -0.05) is 12.8 Å². The van der Waals surface area contributed by atoms with E-state index in [0.29, 0.717) is 6.54 Å². The number of hydrogen-bond acceptors (Lipinski definition) is 3. The zero-order valence-corrected chi connectivity index (χ0v) is 14.6. The minimum Gasteiger partial charge on any atom is -0.340 e. The molecular formula is C15H19BrN2O2S. The van der Waals surface area contributed by atoms with Crippen LogP contribution in [-0.4, -0.2) is 27.8 Å². The summed E-state index contributed by atoms with van der Waals surface area (Å²) < 4.78 is 1.04. The van der Waals surface area contributed by atoms with Gasteiger partial charge in [0.2, 0.25) is 11.8 Å². The van der Waals surface area contributed by atoms with Crippen LogP contribution < -0.4 is 5.32 Å². The first-order valence-electron chi connectivity index (χ1n) is 7.24. The third kappa shape index (κ3) is 2.42. The Morgan fingerprint density at radius 3 is 2.52 bits per heavy atom. The van der Waals surface area contributed by atoms with Gasteiger partial charge in [-0.25, -0.2) is 0 Å². The summed E-state index contributed by atoms with van der Waals surface area (Å²) in [5.74, 6) is 0.0359. The number of halogens is 1. The molecule has 3 rings (SSSR count). The highest BCUT2D eigenvalue weighted by molar-refractivity contribution is 9.11. The number of hydrogen-bond donors (Lipinski definition) is 1. The summed E-state index contributed by atoms with van der Waals surface area (Å²) in [7, 11) is 0. The number of carbonyl (C=O) groups excluding carboxylic acids is 2. The number of nitrogens with zero attached hydrogens (tertiary/aromatic N) is 1. The van der Waals surface area contributed by atoms with E-state index in [4.69, 9.17) is 0 Å². The highest BCUT2D eigenvalue weighted by atomic mass is 79.9. The van der Waals surface area contributed by atoms with Crippen LogP contribution in [0.2, 0.25) is 0 Å². The summed E-state index contributed by atoms with van der Waals surface area (Å²) in [5.41, 5.74) is -1.46. The molecule has 0 unspecified atom stereocenters. The van der Waals surface area contributed by atoms with Crippen LogP contribution in [0.4, 0.5) is 0 Å². The molecule has 1 aliphatic heterocycles. The van der Waals surface area contributed by atoms with Crippen molar-refractivity contribution < 1.29 is 9.59 Å². The van der Waals surface area contributed by atoms with E-state index in [1.165, 1.54) is 0 Å². The minimum atomic E-state index is -0.804. The fourth-order valence-corrected chi connectivity index (χ4v) is 4.71. The zero-order chi connectivity index (χ0) is 15.3. The van der Waals surface area contributed by atoms with Gasteiger partial charge in [-0.05, 0) is 54.8 Å². The minimum absolute atomic E-state index is 0.0420. The van der Waals surface area contributed by atoms with E-state index >= 15 is 0 Å². The molecular weight excluding hydrogens is 352 g/mol. The molecule has 114 valence electrons. The van der Waals surface area contributed by atoms with Crippen LogP contribution in [0, 0.1) is 0 Å². The first kappa shape index (κ1) is 15.0. The quantitative estimate of drug-likeness (QED) is 0.869. The average molecular weight is 371 g/mol. The van der Waals surface area contributed by atoms with Crippen molar-refractivity contribution >= 4 is 39.1 Å². The van der Waals surface area contributed by atoms with Crippen LogP contribution >= 0.6 is 27.3 Å². The monoisotopic (exact) mass is 370 g/mol. The van der Waals surface area contributed by atoms with Crippen molar-refractivity contribution in [1.29, 1.82) is 0 Å². The van der Waals surface area contributed by atoms with Crippen LogP contribution in [0.1, 0.15) is 44.4 Å². The molecule has 21 heavy (non-hydrogen) atoms. The Balaban J connectivity index is 1.93. The second kappa shape index (κ2) is 5.09. The molecule has 1 aromatic rings. The van der Waals surface area contributed by atoms with Crippen molar-refractivity contribution in [3.05, 3.63) is 20.8 Å². The number of amides is 2. The fourth-order valence-electron chi connectivity index (χ4n) is 3.24. The lowest BCUT2D eigenvalue weighted by atomic mass is 9.86. The number of carbonyl (C=O) groups is 2. The third-order valence-corrected chi connectivity index (χ3v) is 6.25. The SMILES string of the molecule is CC1(C)C(=O)NC2(CCCC2)C(=O)N1Cc1ccc(Br)s1. The van der Waals surface area contributed by atoms with Crippen molar-refractivity contribution in [2.45, 2.75) is 57.2 Å². The molecule has 4 nitrogen and oxygen atoms in total. The summed E-state index contributed by atoms with van der Waals surface area (Å²) in [6, 6.07) is 3.98. The van der Waals surface area contributed by atoms with Crippen LogP contribution in [0.25, 0.3) is 0 Å². The molecule has 2 fully saturated rings. The van der Waals surface area contributed by atoms with Gasteiger partial charge in [0, 0.05) is 4.88 Å². The maximum Gasteiger partial charge on any atom is 0.249 e.